The molecule has 0 saturated heterocycles. The Labute approximate surface area is 80.5 Å². The van der Waals surface area contributed by atoms with E-state index in [9.17, 15) is 0 Å². The Kier molecular flexibility index (Phi) is 3.62. The van der Waals surface area contributed by atoms with Gasteiger partial charge in [0, 0.05) is 0 Å². The summed E-state index contributed by atoms with van der Waals surface area (Å²) in [6, 6.07) is 0. The molecule has 7 nitrogen and oxygen atoms in total. The van der Waals surface area contributed by atoms with Gasteiger partial charge in [0.25, 0.3) is 0 Å². The Hall–Kier alpha value is -1.89. The lowest BCUT2D eigenvalue weighted by atomic mass is 10.5. The first-order valence-corrected chi connectivity index (χ1v) is 3.82. The molecule has 0 saturated carbocycles. The minimum Gasteiger partial charge on any atom is -0.390 e. The molecule has 0 amide bonds. The molecule has 0 unspecified atom stereocenters. The van der Waals surface area contributed by atoms with Crippen LogP contribution < -0.4 is 0 Å². The molecule has 1 aromatic rings. The first kappa shape index (κ1) is 10.2. The Morgan fingerprint density at radius 1 is 1.71 bits per heavy atom. The van der Waals surface area contributed by atoms with E-state index < -0.39 is 0 Å². The summed E-state index contributed by atoms with van der Waals surface area (Å²) in [5.41, 5.74) is 0.396. The Morgan fingerprint density at radius 3 is 3.00 bits per heavy atom. The number of aliphatic hydroxyl groups is 1. The third-order valence-corrected chi connectivity index (χ3v) is 1.39. The monoisotopic (exact) mass is 194 g/mol. The number of tetrazole rings is 1. The van der Waals surface area contributed by atoms with Crippen molar-refractivity contribution in [2.75, 3.05) is 6.61 Å². The SMILES string of the molecule is C=N/C=C(CO)\N=C(/C)n1cnnn1. The van der Waals surface area contributed by atoms with Crippen LogP contribution in [-0.4, -0.2) is 44.5 Å². The fraction of sp³-hybridized carbons (Fsp3) is 0.286. The normalized spacial score (nSPS) is 13.0. The van der Waals surface area contributed by atoms with E-state index in [1.807, 2.05) is 0 Å². The van der Waals surface area contributed by atoms with E-state index in [2.05, 4.69) is 32.2 Å². The average Bonchev–Trinajstić information content (AvgIpc) is 2.69. The van der Waals surface area contributed by atoms with Crippen LogP contribution in [0.2, 0.25) is 0 Å². The molecule has 0 radical (unpaired) electrons. The first-order chi connectivity index (χ1) is 6.77. The molecular formula is C7H10N6O. The maximum Gasteiger partial charge on any atom is 0.145 e. The number of nitrogens with zero attached hydrogens (tertiary/aromatic N) is 6. The summed E-state index contributed by atoms with van der Waals surface area (Å²) >= 11 is 0. The molecule has 1 N–H and O–H groups in total. The van der Waals surface area contributed by atoms with Crippen LogP contribution in [0.5, 0.6) is 0 Å². The van der Waals surface area contributed by atoms with Gasteiger partial charge in [0.05, 0.1) is 18.5 Å². The summed E-state index contributed by atoms with van der Waals surface area (Å²) in [5, 5.41) is 19.4. The van der Waals surface area contributed by atoms with Gasteiger partial charge in [0.2, 0.25) is 0 Å². The number of aliphatic imine (C=N–C) groups is 2. The fourth-order valence-electron chi connectivity index (χ4n) is 0.779. The van der Waals surface area contributed by atoms with Crippen LogP contribution in [0.3, 0.4) is 0 Å². The van der Waals surface area contributed by atoms with Gasteiger partial charge >= 0.3 is 0 Å². The second-order valence-electron chi connectivity index (χ2n) is 2.37. The van der Waals surface area contributed by atoms with Crippen LogP contribution in [0.1, 0.15) is 6.92 Å². The third kappa shape index (κ3) is 2.56. The van der Waals surface area contributed by atoms with E-state index in [-0.39, 0.29) is 6.61 Å². The topological polar surface area (TPSA) is 88.5 Å². The molecule has 0 aliphatic heterocycles. The van der Waals surface area contributed by atoms with Crippen molar-refractivity contribution in [3.63, 3.8) is 0 Å². The lowest BCUT2D eigenvalue weighted by Gasteiger charge is -1.98. The quantitative estimate of drug-likeness (QED) is 0.517. The molecule has 1 heterocycles. The zero-order valence-electron chi connectivity index (χ0n) is 7.70. The fourth-order valence-corrected chi connectivity index (χ4v) is 0.779. The molecule has 0 fully saturated rings. The zero-order valence-corrected chi connectivity index (χ0v) is 7.70. The summed E-state index contributed by atoms with van der Waals surface area (Å²) in [6.07, 6.45) is 2.78. The summed E-state index contributed by atoms with van der Waals surface area (Å²) < 4.78 is 1.38. The predicted molar refractivity (Wildman–Crippen MR) is 51.0 cm³/mol. The molecule has 0 aliphatic rings. The maximum atomic E-state index is 8.88. The highest BCUT2D eigenvalue weighted by Crippen LogP contribution is 1.97. The Bertz CT molecular complexity index is 352. The number of aromatic nitrogens is 4. The predicted octanol–water partition coefficient (Wildman–Crippen LogP) is -0.526. The highest BCUT2D eigenvalue weighted by Gasteiger charge is 1.98. The molecule has 0 aliphatic carbocycles. The lowest BCUT2D eigenvalue weighted by Crippen LogP contribution is -2.09. The first-order valence-electron chi connectivity index (χ1n) is 3.82. The van der Waals surface area contributed by atoms with Crippen molar-refractivity contribution >= 4 is 12.6 Å². The summed E-state index contributed by atoms with van der Waals surface area (Å²) in [7, 11) is 0. The minimum absolute atomic E-state index is 0.210. The van der Waals surface area contributed by atoms with E-state index in [0.717, 1.165) is 0 Å². The van der Waals surface area contributed by atoms with Gasteiger partial charge in [-0.15, -0.1) is 5.10 Å². The highest BCUT2D eigenvalue weighted by atomic mass is 16.3. The van der Waals surface area contributed by atoms with Crippen molar-refractivity contribution in [1.29, 1.82) is 0 Å². The second kappa shape index (κ2) is 4.97. The van der Waals surface area contributed by atoms with Crippen LogP contribution in [0.25, 0.3) is 0 Å². The van der Waals surface area contributed by atoms with Crippen LogP contribution in [0, 0.1) is 0 Å². The Balaban J connectivity index is 2.87. The molecule has 1 aromatic heterocycles. The molecule has 0 aromatic carbocycles. The lowest BCUT2D eigenvalue weighted by molar-refractivity contribution is 0.329. The van der Waals surface area contributed by atoms with E-state index in [4.69, 9.17) is 5.11 Å². The number of aliphatic hydroxyl groups excluding tert-OH is 1. The van der Waals surface area contributed by atoms with E-state index in [0.29, 0.717) is 11.5 Å². The average molecular weight is 194 g/mol. The van der Waals surface area contributed by atoms with Crippen molar-refractivity contribution in [1.82, 2.24) is 20.2 Å². The van der Waals surface area contributed by atoms with Gasteiger partial charge in [0.1, 0.15) is 12.2 Å². The van der Waals surface area contributed by atoms with Gasteiger partial charge in [-0.05, 0) is 24.1 Å². The van der Waals surface area contributed by atoms with Crippen molar-refractivity contribution in [3.8, 4) is 0 Å². The summed E-state index contributed by atoms with van der Waals surface area (Å²) in [5.74, 6) is 0.541. The third-order valence-electron chi connectivity index (χ3n) is 1.39. The van der Waals surface area contributed by atoms with Gasteiger partial charge in [-0.1, -0.05) is 0 Å². The van der Waals surface area contributed by atoms with Gasteiger partial charge in [-0.3, -0.25) is 4.99 Å². The standard InChI is InChI=1S/C7H10N6O/c1-6(13-5-9-11-12-13)10-7(4-14)3-8-2/h3,5,14H,2,4H2,1H3/b7-3-,10-6+. The van der Waals surface area contributed by atoms with Gasteiger partial charge < -0.3 is 5.11 Å². The number of hydrogen-bond acceptors (Lipinski definition) is 6. The summed E-state index contributed by atoms with van der Waals surface area (Å²) in [4.78, 5) is 7.54. The van der Waals surface area contributed by atoms with Crippen molar-refractivity contribution in [2.24, 2.45) is 9.98 Å². The molecule has 14 heavy (non-hydrogen) atoms. The molecule has 0 atom stereocenters. The smallest absolute Gasteiger partial charge is 0.145 e. The van der Waals surface area contributed by atoms with Crippen molar-refractivity contribution in [3.05, 3.63) is 18.2 Å². The molecule has 0 bridgehead atoms. The largest absolute Gasteiger partial charge is 0.390 e. The molecular weight excluding hydrogens is 184 g/mol. The summed E-state index contributed by atoms with van der Waals surface area (Å²) in [6.45, 7) is 4.77. The molecule has 0 spiro atoms. The van der Waals surface area contributed by atoms with E-state index in [1.165, 1.54) is 17.2 Å². The van der Waals surface area contributed by atoms with Gasteiger partial charge in [-0.25, -0.2) is 4.99 Å². The molecule has 7 heteroatoms. The van der Waals surface area contributed by atoms with Gasteiger partial charge in [0.15, 0.2) is 0 Å². The zero-order chi connectivity index (χ0) is 10.4. The Morgan fingerprint density at radius 2 is 2.50 bits per heavy atom. The van der Waals surface area contributed by atoms with Gasteiger partial charge in [-0.2, -0.15) is 4.68 Å². The van der Waals surface area contributed by atoms with Crippen LogP contribution in [0.4, 0.5) is 0 Å². The second-order valence-corrected chi connectivity index (χ2v) is 2.37. The van der Waals surface area contributed by atoms with Crippen molar-refractivity contribution in [2.45, 2.75) is 6.92 Å². The van der Waals surface area contributed by atoms with Crippen molar-refractivity contribution < 1.29 is 5.11 Å². The van der Waals surface area contributed by atoms with Crippen LogP contribution >= 0.6 is 0 Å². The van der Waals surface area contributed by atoms with Crippen LogP contribution in [-0.2, 0) is 0 Å². The minimum atomic E-state index is -0.210. The molecule has 1 rings (SSSR count). The molecule has 74 valence electrons. The highest BCUT2D eigenvalue weighted by molar-refractivity contribution is 5.81. The van der Waals surface area contributed by atoms with Crippen LogP contribution in [0.15, 0.2) is 28.2 Å². The van der Waals surface area contributed by atoms with E-state index in [1.54, 1.807) is 6.92 Å². The maximum absolute atomic E-state index is 8.88. The number of hydrogen-bond donors (Lipinski definition) is 1. The number of rotatable bonds is 3. The van der Waals surface area contributed by atoms with E-state index >= 15 is 0 Å².